The van der Waals surface area contributed by atoms with Gasteiger partial charge in [-0.1, -0.05) is 54.6 Å². The summed E-state index contributed by atoms with van der Waals surface area (Å²) in [7, 11) is 0. The lowest BCUT2D eigenvalue weighted by atomic mass is 9.88. The minimum absolute atomic E-state index is 0.149. The van der Waals surface area contributed by atoms with E-state index in [1.165, 1.54) is 0 Å². The number of piperidine rings is 2. The molecule has 4 aliphatic rings. The fraction of sp³-hybridized carbons (Fsp3) is 0.362. The number of nitrogens with one attached hydrogen (secondary N) is 1. The number of hydrogen-bond donors (Lipinski definition) is 2. The summed E-state index contributed by atoms with van der Waals surface area (Å²) in [5.74, 6) is -7.80. The number of phenolic OH excluding ortho intramolecular Hbond substituents is 1. The number of fused-ring (bicyclic) bond motifs is 1. The largest absolute Gasteiger partial charge is 0.508 e. The molecule has 8 rings (SSSR count). The molecule has 4 aromatic carbocycles. The van der Waals surface area contributed by atoms with Crippen molar-refractivity contribution < 1.29 is 48.8 Å². The summed E-state index contributed by atoms with van der Waals surface area (Å²) in [5.41, 5.74) is 1.50. The Morgan fingerprint density at radius 2 is 1.49 bits per heavy atom. The number of alkyl halides is 1. The van der Waals surface area contributed by atoms with Crippen molar-refractivity contribution in [2.75, 3.05) is 69.6 Å². The number of aromatic hydroxyl groups is 1. The number of phenols is 1. The Balaban J connectivity index is 0.929. The average Bonchev–Trinajstić information content (AvgIpc) is 3.55. The molecule has 61 heavy (non-hydrogen) atoms. The fourth-order valence-corrected chi connectivity index (χ4v) is 8.34. The molecule has 0 bridgehead atoms. The van der Waals surface area contributed by atoms with Gasteiger partial charge in [0.05, 0.1) is 22.3 Å². The van der Waals surface area contributed by atoms with Gasteiger partial charge < -0.3 is 14.7 Å². The zero-order valence-corrected chi connectivity index (χ0v) is 33.7. The van der Waals surface area contributed by atoms with E-state index in [1.54, 1.807) is 12.1 Å². The van der Waals surface area contributed by atoms with Crippen LogP contribution in [0, 0.1) is 17.6 Å². The lowest BCUT2D eigenvalue weighted by Crippen LogP contribution is -2.54. The molecule has 1 atom stereocenters. The molecule has 4 amide bonds. The number of allylic oxidation sites excluding steroid dienone is 1. The summed E-state index contributed by atoms with van der Waals surface area (Å²) >= 11 is 6.30. The maximum atomic E-state index is 16.1. The number of imide groups is 2. The monoisotopic (exact) mass is 859 g/mol. The van der Waals surface area contributed by atoms with E-state index in [9.17, 15) is 24.3 Å². The normalized spacial score (nSPS) is 24.8. The van der Waals surface area contributed by atoms with Crippen molar-refractivity contribution >= 4 is 52.1 Å². The van der Waals surface area contributed by atoms with Crippen LogP contribution in [-0.4, -0.2) is 114 Å². The highest BCUT2D eigenvalue weighted by Crippen LogP contribution is 2.37. The third-order valence-electron chi connectivity index (χ3n) is 11.3. The van der Waals surface area contributed by atoms with E-state index in [4.69, 9.17) is 27.3 Å². The molecular formula is C47H48ClF2N5O6. The number of anilines is 1. The highest BCUT2D eigenvalue weighted by molar-refractivity contribution is 6.24. The van der Waals surface area contributed by atoms with E-state index >= 15 is 8.78 Å². The van der Waals surface area contributed by atoms with E-state index in [0.29, 0.717) is 73.0 Å². The van der Waals surface area contributed by atoms with Crippen molar-refractivity contribution in [3.8, 4) is 11.5 Å². The number of likely N-dealkylation sites (tertiary alicyclic amines) is 1. The summed E-state index contributed by atoms with van der Waals surface area (Å²) in [4.78, 5) is 53.8. The highest BCUT2D eigenvalue weighted by Gasteiger charge is 2.47. The van der Waals surface area contributed by atoms with E-state index in [-0.39, 0.29) is 23.5 Å². The van der Waals surface area contributed by atoms with E-state index in [1.807, 2.05) is 72.0 Å². The number of benzene rings is 4. The van der Waals surface area contributed by atoms with E-state index in [0.717, 1.165) is 27.8 Å². The van der Waals surface area contributed by atoms with Gasteiger partial charge in [0.1, 0.15) is 24.1 Å². The minimum atomic E-state index is -3.63. The van der Waals surface area contributed by atoms with Crippen LogP contribution in [0.1, 0.15) is 80.5 Å². The third kappa shape index (κ3) is 9.05. The zero-order chi connectivity index (χ0) is 49.8. The maximum Gasteiger partial charge on any atom is 0.265 e. The first-order valence-corrected chi connectivity index (χ1v) is 20.6. The molecule has 4 heterocycles. The molecule has 14 heteroatoms. The number of carbonyl (C=O) groups excluding carboxylic acids is 4. The minimum Gasteiger partial charge on any atom is -0.508 e. The summed E-state index contributed by atoms with van der Waals surface area (Å²) in [6.45, 7) is -12.7. The van der Waals surface area contributed by atoms with Gasteiger partial charge in [-0.25, -0.2) is 8.78 Å². The first kappa shape index (κ1) is 33.1. The van der Waals surface area contributed by atoms with Gasteiger partial charge in [-0.3, -0.25) is 39.2 Å². The second-order valence-electron chi connectivity index (χ2n) is 15.1. The van der Waals surface area contributed by atoms with Crippen LogP contribution < -0.4 is 15.0 Å². The summed E-state index contributed by atoms with van der Waals surface area (Å²) in [5, 5.41) is 12.0. The van der Waals surface area contributed by atoms with E-state index < -0.39 is 96.6 Å². The molecule has 1 unspecified atom stereocenters. The van der Waals surface area contributed by atoms with Gasteiger partial charge in [0.15, 0.2) is 11.6 Å². The van der Waals surface area contributed by atoms with Crippen LogP contribution in [0.4, 0.5) is 14.5 Å². The number of ether oxygens (including phenoxy) is 1. The van der Waals surface area contributed by atoms with Crippen molar-refractivity contribution in [3.63, 3.8) is 0 Å². The van der Waals surface area contributed by atoms with Gasteiger partial charge in [-0.05, 0) is 103 Å². The summed E-state index contributed by atoms with van der Waals surface area (Å²) in [6, 6.07) is 23.5. The van der Waals surface area contributed by atoms with Crippen LogP contribution in [0.2, 0.25) is 0 Å². The molecule has 318 valence electrons. The molecule has 2 N–H and O–H groups in total. The van der Waals surface area contributed by atoms with Gasteiger partial charge in [-0.2, -0.15) is 0 Å². The standard InChI is InChI=1S/C47H48ClF2N5O6/c48-19-16-36(31-4-2-1-3-5-31)41(32-6-10-34(56)11-7-32)33-8-12-35(13-9-33)61-27-26-52-20-17-30(18-21-52)29-53-22-24-54(25-23-53)39-28-37-42(44(50)43(39)49)47(60)55(46(37)59)38-14-15-40(57)51-45(38)58/h1-13,28,30,38,56H,14-27,29H2,(H,51,57,58)/i22D2,23D2,24D2,25D2. The predicted molar refractivity (Wildman–Crippen MR) is 229 cm³/mol. The van der Waals surface area contributed by atoms with Crippen LogP contribution >= 0.6 is 11.6 Å². The molecule has 4 aliphatic heterocycles. The highest BCUT2D eigenvalue weighted by atomic mass is 35.5. The fourth-order valence-electron chi connectivity index (χ4n) is 8.15. The molecular weight excluding hydrogens is 804 g/mol. The second kappa shape index (κ2) is 18.6. The van der Waals surface area contributed by atoms with Gasteiger partial charge >= 0.3 is 0 Å². The molecule has 0 spiro atoms. The Bertz CT molecular complexity index is 2670. The molecule has 11 nitrogen and oxygen atoms in total. The van der Waals surface area contributed by atoms with Gasteiger partial charge in [-0.15, -0.1) is 11.6 Å². The molecule has 3 saturated heterocycles. The Kier molecular flexibility index (Phi) is 10.1. The van der Waals surface area contributed by atoms with Gasteiger partial charge in [0.25, 0.3) is 11.8 Å². The van der Waals surface area contributed by atoms with Crippen LogP contribution in [-0.2, 0) is 9.59 Å². The summed E-state index contributed by atoms with van der Waals surface area (Å²) < 4.78 is 110. The lowest BCUT2D eigenvalue weighted by molar-refractivity contribution is -0.136. The Morgan fingerprint density at radius 3 is 2.15 bits per heavy atom. The quantitative estimate of drug-likeness (QED) is 0.0874. The van der Waals surface area contributed by atoms with Crippen molar-refractivity contribution in [2.45, 2.75) is 38.1 Å². The maximum absolute atomic E-state index is 16.1. The van der Waals surface area contributed by atoms with Crippen LogP contribution in [0.5, 0.6) is 11.5 Å². The Morgan fingerprint density at radius 1 is 0.820 bits per heavy atom. The molecule has 0 radical (unpaired) electrons. The molecule has 4 aromatic rings. The van der Waals surface area contributed by atoms with Crippen LogP contribution in [0.25, 0.3) is 11.1 Å². The number of rotatable bonds is 13. The molecule has 3 fully saturated rings. The first-order chi connectivity index (χ1) is 32.6. The van der Waals surface area contributed by atoms with Gasteiger partial charge in [0, 0.05) is 56.9 Å². The van der Waals surface area contributed by atoms with Gasteiger partial charge in [0.2, 0.25) is 11.8 Å². The Hall–Kier alpha value is -5.63. The SMILES string of the molecule is [2H]C1([2H])N(CC2CCN(CCOc3ccc(C(=C(CCCl)c4ccccc4)c4ccc(O)cc4)cc3)CC2)C([2H])([2H])C([2H])([2H])N(c2cc3c(c(F)c2F)C(=O)N(C2CCC(=O)NC2=O)C3=O)C1([2H])[2H]. The van der Waals surface area contributed by atoms with Crippen molar-refractivity contribution in [3.05, 3.63) is 124 Å². The van der Waals surface area contributed by atoms with E-state index in [2.05, 4.69) is 4.90 Å². The number of piperazine rings is 1. The number of nitrogens with zero attached hydrogens (tertiary/aromatic N) is 4. The predicted octanol–water partition coefficient (Wildman–Crippen LogP) is 6.57. The van der Waals surface area contributed by atoms with Crippen LogP contribution in [0.3, 0.4) is 0 Å². The average molecular weight is 860 g/mol. The number of halogens is 3. The smallest absolute Gasteiger partial charge is 0.265 e. The molecule has 0 saturated carbocycles. The van der Waals surface area contributed by atoms with Crippen molar-refractivity contribution in [2.24, 2.45) is 5.92 Å². The van der Waals surface area contributed by atoms with Crippen molar-refractivity contribution in [1.82, 2.24) is 20.0 Å². The lowest BCUT2D eigenvalue weighted by Gasteiger charge is -2.39. The topological polar surface area (TPSA) is 123 Å². The number of amides is 4. The third-order valence-corrected chi connectivity index (χ3v) is 11.5. The zero-order valence-electron chi connectivity index (χ0n) is 40.9. The van der Waals surface area contributed by atoms with Crippen molar-refractivity contribution in [1.29, 1.82) is 0 Å². The number of carbonyl (C=O) groups is 4. The number of hydrogen-bond acceptors (Lipinski definition) is 9. The van der Waals surface area contributed by atoms with Crippen LogP contribution in [0.15, 0.2) is 84.9 Å². The molecule has 0 aliphatic carbocycles. The second-order valence-corrected chi connectivity index (χ2v) is 15.5. The molecule has 0 aromatic heterocycles. The Labute approximate surface area is 369 Å². The first-order valence-electron chi connectivity index (χ1n) is 24.0. The summed E-state index contributed by atoms with van der Waals surface area (Å²) in [6.07, 6.45) is 0.805.